The summed E-state index contributed by atoms with van der Waals surface area (Å²) in [6.45, 7) is 0. The summed E-state index contributed by atoms with van der Waals surface area (Å²) in [7, 11) is 1.60. The Morgan fingerprint density at radius 2 is 2.42 bits per heavy atom. The summed E-state index contributed by atoms with van der Waals surface area (Å²) in [5, 5.41) is 0. The van der Waals surface area contributed by atoms with E-state index in [0.29, 0.717) is 5.75 Å². The van der Waals surface area contributed by atoms with Crippen molar-refractivity contribution in [1.29, 1.82) is 0 Å². The molecule has 1 rings (SSSR count). The molecule has 1 heterocycles. The highest BCUT2D eigenvalue weighted by molar-refractivity contribution is 7.80. The largest absolute Gasteiger partial charge is 0.495 e. The van der Waals surface area contributed by atoms with Crippen LogP contribution in [-0.4, -0.2) is 17.8 Å². The van der Waals surface area contributed by atoms with E-state index >= 15 is 0 Å². The summed E-state index contributed by atoms with van der Waals surface area (Å²) in [6.07, 6.45) is 3.34. The second-order valence-electron chi connectivity index (χ2n) is 2.07. The fraction of sp³-hybridized carbons (Fsp3) is 0.222. The molecule has 62 valence electrons. The Bertz CT molecular complexity index is 314. The molecule has 0 aliphatic heterocycles. The van der Waals surface area contributed by atoms with Crippen LogP contribution in [0.15, 0.2) is 18.5 Å². The average Bonchev–Trinajstić information content (AvgIpc) is 2.15. The van der Waals surface area contributed by atoms with Gasteiger partial charge in [-0.3, -0.25) is 4.98 Å². The molecule has 12 heavy (non-hydrogen) atoms. The molecule has 2 nitrogen and oxygen atoms in total. The van der Waals surface area contributed by atoms with Crippen LogP contribution in [0.25, 0.3) is 0 Å². The molecule has 3 heteroatoms. The summed E-state index contributed by atoms with van der Waals surface area (Å²) < 4.78 is 4.99. The molecule has 0 amide bonds. The van der Waals surface area contributed by atoms with Crippen molar-refractivity contribution in [3.05, 3.63) is 24.0 Å². The van der Waals surface area contributed by atoms with Crippen molar-refractivity contribution < 1.29 is 4.74 Å². The third-order valence-electron chi connectivity index (χ3n) is 1.26. The van der Waals surface area contributed by atoms with E-state index in [-0.39, 0.29) is 0 Å². The second kappa shape index (κ2) is 4.68. The molecule has 0 unspecified atom stereocenters. The maximum atomic E-state index is 4.99. The standard InChI is InChI=1S/C9H9NOS/c1-11-9-5-8(3-2-4-12)6-10-7-9/h5-7,12H,4H2,1H3. The van der Waals surface area contributed by atoms with E-state index in [4.69, 9.17) is 4.74 Å². The van der Waals surface area contributed by atoms with Crippen LogP contribution in [0, 0.1) is 11.8 Å². The van der Waals surface area contributed by atoms with Crippen LogP contribution >= 0.6 is 12.6 Å². The summed E-state index contributed by atoms with van der Waals surface area (Å²) >= 11 is 3.97. The molecule has 0 radical (unpaired) electrons. The Morgan fingerprint density at radius 3 is 3.08 bits per heavy atom. The van der Waals surface area contributed by atoms with Gasteiger partial charge >= 0.3 is 0 Å². The van der Waals surface area contributed by atoms with Crippen LogP contribution in [-0.2, 0) is 0 Å². The molecular formula is C9H9NOS. The Balaban J connectivity index is 2.86. The van der Waals surface area contributed by atoms with E-state index in [9.17, 15) is 0 Å². The predicted molar refractivity (Wildman–Crippen MR) is 51.5 cm³/mol. The monoisotopic (exact) mass is 179 g/mol. The van der Waals surface area contributed by atoms with Crippen molar-refractivity contribution in [1.82, 2.24) is 4.98 Å². The van der Waals surface area contributed by atoms with Crippen LogP contribution in [0.5, 0.6) is 5.75 Å². The lowest BCUT2D eigenvalue weighted by Crippen LogP contribution is -1.85. The number of rotatable bonds is 1. The van der Waals surface area contributed by atoms with Crippen molar-refractivity contribution in [2.24, 2.45) is 0 Å². The van der Waals surface area contributed by atoms with E-state index < -0.39 is 0 Å². The Kier molecular flexibility index (Phi) is 3.49. The highest BCUT2D eigenvalue weighted by Crippen LogP contribution is 2.08. The van der Waals surface area contributed by atoms with Gasteiger partial charge in [0, 0.05) is 11.8 Å². The molecule has 0 saturated carbocycles. The van der Waals surface area contributed by atoms with Gasteiger partial charge in [0.1, 0.15) is 5.75 Å². The number of nitrogens with zero attached hydrogens (tertiary/aromatic N) is 1. The first-order chi connectivity index (χ1) is 5.86. The molecule has 1 aromatic rings. The lowest BCUT2D eigenvalue weighted by Gasteiger charge is -1.97. The summed E-state index contributed by atoms with van der Waals surface area (Å²) in [4.78, 5) is 3.96. The fourth-order valence-corrected chi connectivity index (χ4v) is 0.819. The first kappa shape index (κ1) is 8.95. The van der Waals surface area contributed by atoms with E-state index in [1.54, 1.807) is 19.5 Å². The van der Waals surface area contributed by atoms with Gasteiger partial charge in [0.2, 0.25) is 0 Å². The van der Waals surface area contributed by atoms with Crippen molar-refractivity contribution in [3.8, 4) is 17.6 Å². The SMILES string of the molecule is COc1cncc(C#CCS)c1. The number of ether oxygens (including phenoxy) is 1. The number of pyridine rings is 1. The number of hydrogen-bond donors (Lipinski definition) is 1. The van der Waals surface area contributed by atoms with E-state index in [2.05, 4.69) is 29.5 Å². The van der Waals surface area contributed by atoms with Crippen molar-refractivity contribution in [3.63, 3.8) is 0 Å². The van der Waals surface area contributed by atoms with Gasteiger partial charge in [-0.2, -0.15) is 12.6 Å². The molecular weight excluding hydrogens is 170 g/mol. The van der Waals surface area contributed by atoms with Gasteiger partial charge in [0.05, 0.1) is 19.1 Å². The zero-order valence-corrected chi connectivity index (χ0v) is 7.64. The van der Waals surface area contributed by atoms with Gasteiger partial charge in [-0.25, -0.2) is 0 Å². The topological polar surface area (TPSA) is 22.1 Å². The Labute approximate surface area is 77.4 Å². The predicted octanol–water partition coefficient (Wildman–Crippen LogP) is 1.37. The first-order valence-corrected chi connectivity index (χ1v) is 4.09. The Hall–Kier alpha value is -1.14. The molecule has 0 N–H and O–H groups in total. The molecule has 0 fully saturated rings. The molecule has 0 aromatic carbocycles. The van der Waals surface area contributed by atoms with Crippen molar-refractivity contribution in [2.75, 3.05) is 12.9 Å². The Morgan fingerprint density at radius 1 is 1.58 bits per heavy atom. The third-order valence-corrected chi connectivity index (χ3v) is 1.42. The smallest absolute Gasteiger partial charge is 0.138 e. The zero-order chi connectivity index (χ0) is 8.81. The summed E-state index contributed by atoms with van der Waals surface area (Å²) in [5.41, 5.74) is 0.850. The number of methoxy groups -OCH3 is 1. The summed E-state index contributed by atoms with van der Waals surface area (Å²) in [5.74, 6) is 7.01. The number of thiol groups is 1. The van der Waals surface area contributed by atoms with Gasteiger partial charge in [-0.15, -0.1) is 0 Å². The van der Waals surface area contributed by atoms with Gasteiger partial charge in [-0.05, 0) is 6.07 Å². The van der Waals surface area contributed by atoms with E-state index in [1.165, 1.54) is 0 Å². The van der Waals surface area contributed by atoms with Crippen LogP contribution in [0.2, 0.25) is 0 Å². The summed E-state index contributed by atoms with van der Waals surface area (Å²) in [6, 6.07) is 1.84. The van der Waals surface area contributed by atoms with Gasteiger partial charge < -0.3 is 4.74 Å². The highest BCUT2D eigenvalue weighted by Gasteiger charge is 1.91. The number of aromatic nitrogens is 1. The lowest BCUT2D eigenvalue weighted by molar-refractivity contribution is 0.413. The minimum Gasteiger partial charge on any atom is -0.495 e. The number of hydrogen-bond acceptors (Lipinski definition) is 3. The fourth-order valence-electron chi connectivity index (χ4n) is 0.740. The van der Waals surface area contributed by atoms with Crippen molar-refractivity contribution in [2.45, 2.75) is 0 Å². The van der Waals surface area contributed by atoms with E-state index in [0.717, 1.165) is 11.3 Å². The minimum absolute atomic E-state index is 0.553. The van der Waals surface area contributed by atoms with Crippen LogP contribution in [0.3, 0.4) is 0 Å². The molecule has 0 aliphatic rings. The zero-order valence-electron chi connectivity index (χ0n) is 6.74. The maximum absolute atomic E-state index is 4.99. The van der Waals surface area contributed by atoms with Gasteiger partial charge in [0.15, 0.2) is 0 Å². The lowest BCUT2D eigenvalue weighted by atomic mass is 10.3. The molecule has 0 spiro atoms. The molecule has 0 aliphatic carbocycles. The molecule has 0 atom stereocenters. The molecule has 0 saturated heterocycles. The van der Waals surface area contributed by atoms with E-state index in [1.807, 2.05) is 6.07 Å². The normalized spacial score (nSPS) is 8.50. The van der Waals surface area contributed by atoms with Gasteiger partial charge in [0.25, 0.3) is 0 Å². The quantitative estimate of drug-likeness (QED) is 0.519. The van der Waals surface area contributed by atoms with Crippen LogP contribution in [0.1, 0.15) is 5.56 Å². The molecule has 1 aromatic heterocycles. The van der Waals surface area contributed by atoms with Crippen LogP contribution < -0.4 is 4.74 Å². The average molecular weight is 179 g/mol. The second-order valence-corrected chi connectivity index (χ2v) is 2.39. The highest BCUT2D eigenvalue weighted by atomic mass is 32.1. The van der Waals surface area contributed by atoms with Crippen LogP contribution in [0.4, 0.5) is 0 Å². The maximum Gasteiger partial charge on any atom is 0.138 e. The third kappa shape index (κ3) is 2.48. The van der Waals surface area contributed by atoms with Crippen molar-refractivity contribution >= 4 is 12.6 Å². The molecule has 0 bridgehead atoms. The first-order valence-electron chi connectivity index (χ1n) is 3.45. The minimum atomic E-state index is 0.553. The van der Waals surface area contributed by atoms with Gasteiger partial charge in [-0.1, -0.05) is 11.8 Å².